The molecule has 0 unspecified atom stereocenters. The van der Waals surface area contributed by atoms with Crippen LogP contribution in [-0.2, 0) is 0 Å². The standard InChI is InChI=1S/C12H20N4O/c1-9-11(17-8-14-9)12(16-13)15-10-6-4-2-3-5-7-10/h8,10H,2-7,13H2,1H3,(H,15,16). The predicted octanol–water partition coefficient (Wildman–Crippen LogP) is 1.92. The molecule has 1 heterocycles. The lowest BCUT2D eigenvalue weighted by Gasteiger charge is -2.11. The van der Waals surface area contributed by atoms with Gasteiger partial charge in [0, 0.05) is 0 Å². The summed E-state index contributed by atoms with van der Waals surface area (Å²) in [6.07, 6.45) is 8.83. The molecular weight excluding hydrogens is 216 g/mol. The molecule has 0 aliphatic heterocycles. The van der Waals surface area contributed by atoms with Gasteiger partial charge in [-0.1, -0.05) is 25.7 Å². The van der Waals surface area contributed by atoms with Crippen LogP contribution in [0.4, 0.5) is 0 Å². The molecule has 0 saturated heterocycles. The van der Waals surface area contributed by atoms with Crippen molar-refractivity contribution >= 4 is 5.84 Å². The quantitative estimate of drug-likeness (QED) is 0.270. The summed E-state index contributed by atoms with van der Waals surface area (Å²) in [4.78, 5) is 8.72. The summed E-state index contributed by atoms with van der Waals surface area (Å²) in [6.45, 7) is 1.89. The summed E-state index contributed by atoms with van der Waals surface area (Å²) in [5, 5.41) is 0. The first-order valence-electron chi connectivity index (χ1n) is 6.26. The highest BCUT2D eigenvalue weighted by Crippen LogP contribution is 2.20. The molecule has 1 saturated carbocycles. The fourth-order valence-electron chi connectivity index (χ4n) is 2.26. The Hall–Kier alpha value is -1.36. The first kappa shape index (κ1) is 12.1. The van der Waals surface area contributed by atoms with Crippen LogP contribution in [0.15, 0.2) is 15.8 Å². The van der Waals surface area contributed by atoms with Gasteiger partial charge in [-0.25, -0.2) is 10.8 Å². The Kier molecular flexibility index (Phi) is 4.14. The minimum Gasteiger partial charge on any atom is -0.440 e. The minimum atomic E-state index is 0.355. The van der Waals surface area contributed by atoms with Crippen LogP contribution in [0.25, 0.3) is 0 Å². The third kappa shape index (κ3) is 3.06. The molecule has 1 fully saturated rings. The van der Waals surface area contributed by atoms with E-state index in [-0.39, 0.29) is 0 Å². The lowest BCUT2D eigenvalue weighted by atomic mass is 10.1. The molecule has 2 rings (SSSR count). The number of nitrogens with two attached hydrogens (primary N) is 1. The van der Waals surface area contributed by atoms with Gasteiger partial charge in [-0.2, -0.15) is 0 Å². The van der Waals surface area contributed by atoms with E-state index in [0.29, 0.717) is 17.6 Å². The molecule has 0 radical (unpaired) electrons. The maximum Gasteiger partial charge on any atom is 0.193 e. The summed E-state index contributed by atoms with van der Waals surface area (Å²) in [7, 11) is 0. The van der Waals surface area contributed by atoms with Gasteiger partial charge in [0.2, 0.25) is 0 Å². The average molecular weight is 236 g/mol. The van der Waals surface area contributed by atoms with Crippen LogP contribution in [0.1, 0.15) is 50.0 Å². The molecule has 1 aliphatic rings. The second-order valence-corrected chi connectivity index (χ2v) is 4.53. The van der Waals surface area contributed by atoms with Gasteiger partial charge < -0.3 is 9.84 Å². The Bertz CT molecular complexity index is 378. The maximum atomic E-state index is 5.52. The highest BCUT2D eigenvalue weighted by Gasteiger charge is 2.15. The monoisotopic (exact) mass is 236 g/mol. The summed E-state index contributed by atoms with van der Waals surface area (Å²) < 4.78 is 5.31. The van der Waals surface area contributed by atoms with Crippen molar-refractivity contribution in [3.63, 3.8) is 0 Å². The zero-order valence-corrected chi connectivity index (χ0v) is 10.3. The van der Waals surface area contributed by atoms with Crippen molar-refractivity contribution in [2.24, 2.45) is 10.8 Å². The normalized spacial score (nSPS) is 19.1. The highest BCUT2D eigenvalue weighted by atomic mass is 16.3. The smallest absolute Gasteiger partial charge is 0.193 e. The van der Waals surface area contributed by atoms with Gasteiger partial charge in [0.25, 0.3) is 0 Å². The maximum absolute atomic E-state index is 5.52. The molecule has 1 aliphatic carbocycles. The molecular formula is C12H20N4O. The van der Waals surface area contributed by atoms with Crippen molar-refractivity contribution in [3.05, 3.63) is 17.8 Å². The number of hydrogen-bond acceptors (Lipinski definition) is 4. The van der Waals surface area contributed by atoms with Crippen molar-refractivity contribution in [1.82, 2.24) is 10.4 Å². The number of hydrogen-bond donors (Lipinski definition) is 2. The molecule has 0 bridgehead atoms. The van der Waals surface area contributed by atoms with Crippen LogP contribution >= 0.6 is 0 Å². The van der Waals surface area contributed by atoms with E-state index in [1.54, 1.807) is 0 Å². The topological polar surface area (TPSA) is 76.4 Å². The fourth-order valence-corrected chi connectivity index (χ4v) is 2.26. The van der Waals surface area contributed by atoms with Crippen LogP contribution in [0.5, 0.6) is 0 Å². The summed E-state index contributed by atoms with van der Waals surface area (Å²) >= 11 is 0. The van der Waals surface area contributed by atoms with E-state index in [2.05, 4.69) is 15.4 Å². The molecule has 0 amide bonds. The fraction of sp³-hybridized carbons (Fsp3) is 0.667. The van der Waals surface area contributed by atoms with E-state index < -0.39 is 0 Å². The Balaban J connectivity index is 2.14. The van der Waals surface area contributed by atoms with E-state index in [4.69, 9.17) is 10.3 Å². The van der Waals surface area contributed by atoms with E-state index in [0.717, 1.165) is 18.5 Å². The van der Waals surface area contributed by atoms with Gasteiger partial charge in [-0.3, -0.25) is 4.99 Å². The summed E-state index contributed by atoms with van der Waals surface area (Å²) in [5.41, 5.74) is 3.44. The molecule has 0 aromatic carbocycles. The first-order chi connectivity index (χ1) is 8.31. The van der Waals surface area contributed by atoms with E-state index >= 15 is 0 Å². The number of oxazole rings is 1. The summed E-state index contributed by atoms with van der Waals surface area (Å²) in [6, 6.07) is 0.355. The highest BCUT2D eigenvalue weighted by molar-refractivity contribution is 5.96. The number of aryl methyl sites for hydroxylation is 1. The van der Waals surface area contributed by atoms with Crippen LogP contribution in [0.3, 0.4) is 0 Å². The van der Waals surface area contributed by atoms with Crippen molar-refractivity contribution in [2.75, 3.05) is 0 Å². The van der Waals surface area contributed by atoms with E-state index in [9.17, 15) is 0 Å². The van der Waals surface area contributed by atoms with Gasteiger partial charge in [0.05, 0.1) is 11.7 Å². The second-order valence-electron chi connectivity index (χ2n) is 4.53. The molecule has 17 heavy (non-hydrogen) atoms. The molecule has 0 spiro atoms. The number of nitrogens with zero attached hydrogens (tertiary/aromatic N) is 2. The third-order valence-electron chi connectivity index (χ3n) is 3.23. The number of aliphatic imine (C=N–C) groups is 1. The lowest BCUT2D eigenvalue weighted by Crippen LogP contribution is -2.32. The number of amidine groups is 1. The largest absolute Gasteiger partial charge is 0.440 e. The molecule has 1 aromatic rings. The van der Waals surface area contributed by atoms with Crippen molar-refractivity contribution in [3.8, 4) is 0 Å². The first-order valence-corrected chi connectivity index (χ1v) is 6.26. The third-order valence-corrected chi connectivity index (χ3v) is 3.23. The number of aromatic nitrogens is 1. The van der Waals surface area contributed by atoms with E-state index in [1.807, 2.05) is 6.92 Å². The van der Waals surface area contributed by atoms with Crippen LogP contribution in [0, 0.1) is 6.92 Å². The number of nitrogens with one attached hydrogen (secondary N) is 1. The molecule has 5 heteroatoms. The van der Waals surface area contributed by atoms with Crippen molar-refractivity contribution in [1.29, 1.82) is 0 Å². The Morgan fingerprint density at radius 1 is 1.41 bits per heavy atom. The molecule has 94 valence electrons. The van der Waals surface area contributed by atoms with Crippen LogP contribution in [0.2, 0.25) is 0 Å². The number of rotatable bonds is 2. The SMILES string of the molecule is Cc1ncoc1C(=NC1CCCCCC1)NN. The van der Waals surface area contributed by atoms with Gasteiger partial charge >= 0.3 is 0 Å². The van der Waals surface area contributed by atoms with Crippen LogP contribution < -0.4 is 11.3 Å². The van der Waals surface area contributed by atoms with Crippen molar-refractivity contribution < 1.29 is 4.42 Å². The van der Waals surface area contributed by atoms with Gasteiger partial charge in [-0.05, 0) is 19.8 Å². The predicted molar refractivity (Wildman–Crippen MR) is 66.6 cm³/mol. The molecule has 5 nitrogen and oxygen atoms in total. The number of hydrazine groups is 1. The Morgan fingerprint density at radius 2 is 2.12 bits per heavy atom. The zero-order chi connectivity index (χ0) is 12.1. The van der Waals surface area contributed by atoms with Gasteiger partial charge in [-0.15, -0.1) is 0 Å². The Morgan fingerprint density at radius 3 is 2.65 bits per heavy atom. The lowest BCUT2D eigenvalue weighted by molar-refractivity contribution is 0.537. The molecule has 3 N–H and O–H groups in total. The Labute approximate surface area is 101 Å². The van der Waals surface area contributed by atoms with E-state index in [1.165, 1.54) is 32.1 Å². The zero-order valence-electron chi connectivity index (χ0n) is 10.3. The summed E-state index contributed by atoms with van der Waals surface area (Å²) in [5.74, 6) is 6.79. The van der Waals surface area contributed by atoms with Crippen LogP contribution in [-0.4, -0.2) is 16.9 Å². The van der Waals surface area contributed by atoms with Gasteiger partial charge in [0.1, 0.15) is 0 Å². The average Bonchev–Trinajstić information content (AvgIpc) is 2.62. The van der Waals surface area contributed by atoms with Crippen molar-refractivity contribution in [2.45, 2.75) is 51.5 Å². The second kappa shape index (κ2) is 5.82. The molecule has 1 aromatic heterocycles. The molecule has 0 atom stereocenters. The minimum absolute atomic E-state index is 0.355. The van der Waals surface area contributed by atoms with Gasteiger partial charge in [0.15, 0.2) is 18.0 Å².